The van der Waals surface area contributed by atoms with Gasteiger partial charge in [-0.25, -0.2) is 0 Å². The normalized spacial score (nSPS) is 13.9. The van der Waals surface area contributed by atoms with Crippen molar-refractivity contribution in [3.63, 3.8) is 0 Å². The summed E-state index contributed by atoms with van der Waals surface area (Å²) in [5, 5.41) is 7.31. The summed E-state index contributed by atoms with van der Waals surface area (Å²) in [6.07, 6.45) is 4.89. The first-order valence-corrected chi connectivity index (χ1v) is 19.2. The average molecular weight is 648 g/mol. The lowest BCUT2D eigenvalue weighted by Gasteiger charge is -2.35. The summed E-state index contributed by atoms with van der Waals surface area (Å²) < 4.78 is 6.65. The standard InChI is InChI=1S/C46H33NOS/c1-49(2)43-28-27-38-37-16-7-8-20-42(37)48-45(38)44(43)39-17-10-19-41(46(39)49)47(40-18-9-14-32-12-5-6-15-36(32)40)35-25-23-31(24-26-35)34-22-21-30-11-3-4-13-33(30)29-34/h3-29H,1-2H3. The molecule has 0 aliphatic carbocycles. The van der Waals surface area contributed by atoms with E-state index in [9.17, 15) is 0 Å². The third kappa shape index (κ3) is 4.22. The van der Waals surface area contributed by atoms with E-state index in [-0.39, 0.29) is 0 Å². The molecule has 0 saturated carbocycles. The van der Waals surface area contributed by atoms with Gasteiger partial charge in [0.15, 0.2) is 0 Å². The van der Waals surface area contributed by atoms with E-state index in [1.54, 1.807) is 0 Å². The van der Waals surface area contributed by atoms with Crippen molar-refractivity contribution in [2.24, 2.45) is 0 Å². The highest BCUT2D eigenvalue weighted by atomic mass is 32.3. The molecule has 0 radical (unpaired) electrons. The second-order valence-corrected chi connectivity index (χ2v) is 16.8. The molecular weight excluding hydrogens is 615 g/mol. The van der Waals surface area contributed by atoms with E-state index in [1.165, 1.54) is 75.7 Å². The van der Waals surface area contributed by atoms with Gasteiger partial charge in [-0.2, -0.15) is 10.0 Å². The van der Waals surface area contributed by atoms with Gasteiger partial charge >= 0.3 is 0 Å². The highest BCUT2D eigenvalue weighted by Crippen LogP contribution is 2.71. The summed E-state index contributed by atoms with van der Waals surface area (Å²) in [6.45, 7) is 0. The summed E-state index contributed by atoms with van der Waals surface area (Å²) >= 11 is 0. The number of furan rings is 1. The summed E-state index contributed by atoms with van der Waals surface area (Å²) in [4.78, 5) is 5.26. The summed E-state index contributed by atoms with van der Waals surface area (Å²) in [7, 11) is -1.41. The quantitative estimate of drug-likeness (QED) is 0.189. The molecule has 0 N–H and O–H groups in total. The lowest BCUT2D eigenvalue weighted by Crippen LogP contribution is -2.13. The van der Waals surface area contributed by atoms with E-state index in [4.69, 9.17) is 4.42 Å². The molecule has 9 aromatic rings. The molecule has 1 aliphatic rings. The minimum Gasteiger partial charge on any atom is -0.455 e. The molecule has 0 bridgehead atoms. The van der Waals surface area contributed by atoms with Gasteiger partial charge in [-0.1, -0.05) is 115 Å². The maximum atomic E-state index is 6.65. The number of anilines is 3. The molecule has 2 nitrogen and oxygen atoms in total. The van der Waals surface area contributed by atoms with Gasteiger partial charge in [0.25, 0.3) is 0 Å². The molecule has 0 spiro atoms. The van der Waals surface area contributed by atoms with Crippen molar-refractivity contribution < 1.29 is 4.42 Å². The van der Waals surface area contributed by atoms with Crippen LogP contribution < -0.4 is 4.90 Å². The van der Waals surface area contributed by atoms with Crippen LogP contribution in [0.5, 0.6) is 0 Å². The molecule has 8 aromatic carbocycles. The minimum absolute atomic E-state index is 0.937. The Morgan fingerprint density at radius 2 is 1.16 bits per heavy atom. The molecule has 0 unspecified atom stereocenters. The molecule has 0 amide bonds. The summed E-state index contributed by atoms with van der Waals surface area (Å²) in [5.74, 6) is 0. The second kappa shape index (κ2) is 10.6. The first kappa shape index (κ1) is 28.3. The van der Waals surface area contributed by atoms with Crippen molar-refractivity contribution in [3.05, 3.63) is 164 Å². The highest BCUT2D eigenvalue weighted by Gasteiger charge is 2.38. The largest absolute Gasteiger partial charge is 0.455 e. The van der Waals surface area contributed by atoms with Gasteiger partial charge in [0, 0.05) is 42.8 Å². The third-order valence-corrected chi connectivity index (χ3v) is 13.2. The van der Waals surface area contributed by atoms with Crippen molar-refractivity contribution in [1.82, 2.24) is 0 Å². The fourth-order valence-corrected chi connectivity index (χ4v) is 10.7. The van der Waals surface area contributed by atoms with Crippen LogP contribution in [0.25, 0.3) is 65.7 Å². The van der Waals surface area contributed by atoms with E-state index in [0.717, 1.165) is 16.9 Å². The van der Waals surface area contributed by atoms with Gasteiger partial charge in [-0.15, -0.1) is 0 Å². The summed E-state index contributed by atoms with van der Waals surface area (Å²) in [6, 6.07) is 59.7. The Hall–Kier alpha value is -5.77. The maximum Gasteiger partial charge on any atom is 0.144 e. The van der Waals surface area contributed by atoms with Crippen molar-refractivity contribution in [2.45, 2.75) is 9.79 Å². The predicted octanol–water partition coefficient (Wildman–Crippen LogP) is 13.5. The van der Waals surface area contributed by atoms with Crippen LogP contribution in [0.3, 0.4) is 0 Å². The lowest BCUT2D eigenvalue weighted by atomic mass is 9.99. The lowest BCUT2D eigenvalue weighted by molar-refractivity contribution is 0.669. The SMILES string of the molecule is CS1(C)c2ccc3c(oc4ccccc43)c2-c2cccc(N(c3ccc(-c4ccc5ccccc5c4)cc3)c3cccc4ccccc34)c21. The number of rotatable bonds is 4. The van der Waals surface area contributed by atoms with E-state index in [0.29, 0.717) is 0 Å². The first-order valence-electron chi connectivity index (χ1n) is 16.7. The van der Waals surface area contributed by atoms with E-state index < -0.39 is 10.0 Å². The van der Waals surface area contributed by atoms with Crippen LogP contribution in [0.15, 0.2) is 178 Å². The van der Waals surface area contributed by atoms with Gasteiger partial charge in [0.1, 0.15) is 11.2 Å². The molecule has 2 heterocycles. The van der Waals surface area contributed by atoms with Crippen LogP contribution in [0.2, 0.25) is 0 Å². The van der Waals surface area contributed by atoms with Gasteiger partial charge in [-0.3, -0.25) is 0 Å². The first-order chi connectivity index (χ1) is 24.1. The van der Waals surface area contributed by atoms with Gasteiger partial charge < -0.3 is 9.32 Å². The molecule has 0 fully saturated rings. The van der Waals surface area contributed by atoms with Crippen molar-refractivity contribution in [3.8, 4) is 22.3 Å². The van der Waals surface area contributed by atoms with E-state index in [1.807, 2.05) is 0 Å². The Balaban J connectivity index is 1.20. The number of nitrogens with zero attached hydrogens (tertiary/aromatic N) is 1. The zero-order valence-electron chi connectivity index (χ0n) is 27.4. The average Bonchev–Trinajstić information content (AvgIpc) is 3.64. The molecule has 1 aliphatic heterocycles. The molecule has 10 rings (SSSR count). The van der Waals surface area contributed by atoms with E-state index >= 15 is 0 Å². The Kier molecular flexibility index (Phi) is 6.12. The van der Waals surface area contributed by atoms with Crippen LogP contribution >= 0.6 is 10.0 Å². The molecule has 234 valence electrons. The van der Waals surface area contributed by atoms with Gasteiger partial charge in [-0.05, 0) is 88.3 Å². The maximum absolute atomic E-state index is 6.65. The van der Waals surface area contributed by atoms with Crippen molar-refractivity contribution in [2.75, 3.05) is 17.4 Å². The second-order valence-electron chi connectivity index (χ2n) is 13.3. The Bertz CT molecular complexity index is 2750. The van der Waals surface area contributed by atoms with Gasteiger partial charge in [0.05, 0.1) is 11.4 Å². The van der Waals surface area contributed by atoms with E-state index in [2.05, 4.69) is 181 Å². The molecule has 0 saturated heterocycles. The zero-order valence-corrected chi connectivity index (χ0v) is 28.2. The van der Waals surface area contributed by atoms with Crippen LogP contribution in [0, 0.1) is 0 Å². The number of para-hydroxylation sites is 1. The minimum atomic E-state index is -1.41. The third-order valence-electron chi connectivity index (χ3n) is 10.3. The van der Waals surface area contributed by atoms with Crippen LogP contribution in [-0.2, 0) is 0 Å². The fraction of sp³-hybridized carbons (Fsp3) is 0.0435. The number of hydrogen-bond donors (Lipinski definition) is 0. The Morgan fingerprint density at radius 1 is 0.490 bits per heavy atom. The van der Waals surface area contributed by atoms with Crippen LogP contribution in [-0.4, -0.2) is 12.5 Å². The van der Waals surface area contributed by atoms with Crippen molar-refractivity contribution >= 4 is 70.6 Å². The van der Waals surface area contributed by atoms with Crippen molar-refractivity contribution in [1.29, 1.82) is 0 Å². The predicted molar refractivity (Wildman–Crippen MR) is 210 cm³/mol. The topological polar surface area (TPSA) is 16.4 Å². The Morgan fingerprint density at radius 3 is 2.02 bits per heavy atom. The molecule has 0 atom stereocenters. The van der Waals surface area contributed by atoms with Crippen LogP contribution in [0.4, 0.5) is 17.1 Å². The summed E-state index contributed by atoms with van der Waals surface area (Å²) in [5.41, 5.74) is 10.4. The Labute approximate surface area is 287 Å². The monoisotopic (exact) mass is 647 g/mol. The molecule has 3 heteroatoms. The molecule has 1 aromatic heterocycles. The molecular formula is C46H33NOS. The number of fused-ring (bicyclic) bond motifs is 9. The highest BCUT2D eigenvalue weighted by molar-refractivity contribution is 8.33. The van der Waals surface area contributed by atoms with Gasteiger partial charge in [0.2, 0.25) is 0 Å². The smallest absolute Gasteiger partial charge is 0.144 e. The number of hydrogen-bond acceptors (Lipinski definition) is 2. The number of benzene rings is 8. The van der Waals surface area contributed by atoms with Crippen LogP contribution in [0.1, 0.15) is 0 Å². The zero-order chi connectivity index (χ0) is 32.7. The molecule has 49 heavy (non-hydrogen) atoms. The fourth-order valence-electron chi connectivity index (χ4n) is 7.98.